The Morgan fingerprint density at radius 2 is 2.12 bits per heavy atom. The summed E-state index contributed by atoms with van der Waals surface area (Å²) in [5.74, 6) is -0.621. The van der Waals surface area contributed by atoms with E-state index in [9.17, 15) is 9.18 Å². The van der Waals surface area contributed by atoms with Gasteiger partial charge in [-0.25, -0.2) is 4.39 Å². The van der Waals surface area contributed by atoms with Crippen molar-refractivity contribution >= 4 is 11.6 Å². The Labute approximate surface area is 99.7 Å². The van der Waals surface area contributed by atoms with Crippen LogP contribution < -0.4 is 5.32 Å². The second kappa shape index (κ2) is 5.30. The van der Waals surface area contributed by atoms with Gasteiger partial charge in [-0.05, 0) is 25.1 Å². The number of likely N-dealkylation sites (N-methyl/N-ethyl adjacent to an activating group) is 1. The summed E-state index contributed by atoms with van der Waals surface area (Å²) in [4.78, 5) is 13.0. The predicted octanol–water partition coefficient (Wildman–Crippen LogP) is 1.59. The number of carbonyl (C=O) groups is 1. The summed E-state index contributed by atoms with van der Waals surface area (Å²) in [6, 6.07) is 5.28. The maximum absolute atomic E-state index is 13.1. The van der Waals surface area contributed by atoms with Gasteiger partial charge in [0, 0.05) is 19.8 Å². The van der Waals surface area contributed by atoms with Crippen LogP contribution in [0.2, 0.25) is 0 Å². The highest BCUT2D eigenvalue weighted by Crippen LogP contribution is 2.14. The van der Waals surface area contributed by atoms with Gasteiger partial charge < -0.3 is 10.2 Å². The fourth-order valence-electron chi connectivity index (χ4n) is 1.44. The molecule has 0 aliphatic rings. The fraction of sp³-hybridized carbons (Fsp3) is 0.333. The van der Waals surface area contributed by atoms with Crippen molar-refractivity contribution in [3.8, 4) is 6.07 Å². The van der Waals surface area contributed by atoms with E-state index < -0.39 is 11.9 Å². The number of benzene rings is 1. The molecular weight excluding hydrogens is 221 g/mol. The minimum absolute atomic E-state index is 0.118. The summed E-state index contributed by atoms with van der Waals surface area (Å²) in [6.45, 7) is 1.68. The Hall–Kier alpha value is -2.09. The molecule has 1 unspecified atom stereocenters. The molecule has 0 spiro atoms. The van der Waals surface area contributed by atoms with Gasteiger partial charge >= 0.3 is 0 Å². The summed E-state index contributed by atoms with van der Waals surface area (Å²) >= 11 is 0. The molecule has 1 aromatic carbocycles. The largest absolute Gasteiger partial charge is 0.374 e. The van der Waals surface area contributed by atoms with Crippen LogP contribution in [-0.2, 0) is 4.79 Å². The zero-order valence-electron chi connectivity index (χ0n) is 9.99. The molecule has 90 valence electrons. The number of hydrogen-bond acceptors (Lipinski definition) is 3. The van der Waals surface area contributed by atoms with Crippen LogP contribution in [-0.4, -0.2) is 30.9 Å². The van der Waals surface area contributed by atoms with Gasteiger partial charge in [0.2, 0.25) is 5.91 Å². The normalized spacial score (nSPS) is 11.5. The smallest absolute Gasteiger partial charge is 0.244 e. The van der Waals surface area contributed by atoms with Crippen LogP contribution >= 0.6 is 0 Å². The first-order valence-electron chi connectivity index (χ1n) is 5.12. The van der Waals surface area contributed by atoms with Gasteiger partial charge in [0.15, 0.2) is 0 Å². The third-order valence-electron chi connectivity index (χ3n) is 2.22. The number of nitriles is 1. The van der Waals surface area contributed by atoms with E-state index in [1.807, 2.05) is 6.07 Å². The van der Waals surface area contributed by atoms with Crippen molar-refractivity contribution in [1.82, 2.24) is 4.90 Å². The summed E-state index contributed by atoms with van der Waals surface area (Å²) in [7, 11) is 3.29. The standard InChI is InChI=1S/C12H14FN3O/c1-8(12(17)16(2)3)15-11-5-9(7-14)4-10(13)6-11/h4-6,8,15H,1-3H3. The lowest BCUT2D eigenvalue weighted by atomic mass is 10.2. The molecule has 1 N–H and O–H groups in total. The van der Waals surface area contributed by atoms with E-state index in [4.69, 9.17) is 5.26 Å². The van der Waals surface area contributed by atoms with Gasteiger partial charge in [-0.1, -0.05) is 0 Å². The first-order valence-corrected chi connectivity index (χ1v) is 5.12. The molecule has 0 fully saturated rings. The highest BCUT2D eigenvalue weighted by molar-refractivity contribution is 5.83. The van der Waals surface area contributed by atoms with E-state index >= 15 is 0 Å². The molecule has 0 radical (unpaired) electrons. The van der Waals surface area contributed by atoms with Crippen LogP contribution in [0, 0.1) is 17.1 Å². The average Bonchev–Trinajstić information content (AvgIpc) is 2.26. The Morgan fingerprint density at radius 3 is 2.65 bits per heavy atom. The number of nitrogens with zero attached hydrogens (tertiary/aromatic N) is 2. The topological polar surface area (TPSA) is 56.1 Å². The molecule has 5 heteroatoms. The van der Waals surface area contributed by atoms with Crippen LogP contribution in [0.25, 0.3) is 0 Å². The second-order valence-electron chi connectivity index (χ2n) is 3.94. The van der Waals surface area contributed by atoms with Crippen LogP contribution in [0.5, 0.6) is 0 Å². The molecule has 1 aromatic rings. The van der Waals surface area contributed by atoms with Gasteiger partial charge in [0.05, 0.1) is 11.6 Å². The predicted molar refractivity (Wildman–Crippen MR) is 62.9 cm³/mol. The Kier molecular flexibility index (Phi) is 4.05. The number of halogens is 1. The second-order valence-corrected chi connectivity index (χ2v) is 3.94. The molecule has 0 aliphatic heterocycles. The third-order valence-corrected chi connectivity index (χ3v) is 2.22. The van der Waals surface area contributed by atoms with Crippen molar-refractivity contribution in [3.63, 3.8) is 0 Å². The number of rotatable bonds is 3. The van der Waals surface area contributed by atoms with Crippen molar-refractivity contribution in [1.29, 1.82) is 5.26 Å². The summed E-state index contributed by atoms with van der Waals surface area (Å²) in [6.07, 6.45) is 0. The van der Waals surface area contributed by atoms with Gasteiger partial charge in [-0.2, -0.15) is 5.26 Å². The van der Waals surface area contributed by atoms with E-state index in [1.54, 1.807) is 21.0 Å². The summed E-state index contributed by atoms with van der Waals surface area (Å²) in [5.41, 5.74) is 0.640. The summed E-state index contributed by atoms with van der Waals surface area (Å²) in [5, 5.41) is 11.6. The quantitative estimate of drug-likeness (QED) is 0.865. The van der Waals surface area contributed by atoms with E-state index in [0.717, 1.165) is 6.07 Å². The fourth-order valence-corrected chi connectivity index (χ4v) is 1.44. The van der Waals surface area contributed by atoms with Crippen molar-refractivity contribution in [2.24, 2.45) is 0 Å². The average molecular weight is 235 g/mol. The maximum atomic E-state index is 13.1. The molecule has 0 bridgehead atoms. The number of anilines is 1. The molecule has 0 aromatic heterocycles. The SMILES string of the molecule is CC(Nc1cc(F)cc(C#N)c1)C(=O)N(C)C. The number of hydrogen-bond donors (Lipinski definition) is 1. The molecule has 1 amide bonds. The molecule has 0 saturated heterocycles. The molecule has 4 nitrogen and oxygen atoms in total. The molecule has 0 heterocycles. The molecular formula is C12H14FN3O. The van der Waals surface area contributed by atoms with E-state index in [2.05, 4.69) is 5.32 Å². The first-order chi connectivity index (χ1) is 7.93. The van der Waals surface area contributed by atoms with E-state index in [-0.39, 0.29) is 11.5 Å². The van der Waals surface area contributed by atoms with Gasteiger partial charge in [-0.15, -0.1) is 0 Å². The van der Waals surface area contributed by atoms with Crippen molar-refractivity contribution in [3.05, 3.63) is 29.6 Å². The van der Waals surface area contributed by atoms with E-state index in [1.165, 1.54) is 17.0 Å². The minimum Gasteiger partial charge on any atom is -0.374 e. The lowest BCUT2D eigenvalue weighted by Gasteiger charge is -2.19. The molecule has 0 aliphatic carbocycles. The van der Waals surface area contributed by atoms with Gasteiger partial charge in [0.25, 0.3) is 0 Å². The minimum atomic E-state index is -0.504. The zero-order valence-corrected chi connectivity index (χ0v) is 9.99. The van der Waals surface area contributed by atoms with Crippen LogP contribution in [0.3, 0.4) is 0 Å². The number of nitrogens with one attached hydrogen (secondary N) is 1. The monoisotopic (exact) mass is 235 g/mol. The molecule has 17 heavy (non-hydrogen) atoms. The van der Waals surface area contributed by atoms with Gasteiger partial charge in [0.1, 0.15) is 11.9 Å². The molecule has 1 atom stereocenters. The lowest BCUT2D eigenvalue weighted by Crippen LogP contribution is -2.36. The van der Waals surface area contributed by atoms with Crippen molar-refractivity contribution < 1.29 is 9.18 Å². The number of amides is 1. The van der Waals surface area contributed by atoms with Crippen molar-refractivity contribution in [2.75, 3.05) is 19.4 Å². The third kappa shape index (κ3) is 3.45. The zero-order chi connectivity index (χ0) is 13.0. The van der Waals surface area contributed by atoms with Crippen LogP contribution in [0.1, 0.15) is 12.5 Å². The Balaban J connectivity index is 2.85. The number of carbonyl (C=O) groups excluding carboxylic acids is 1. The van der Waals surface area contributed by atoms with E-state index in [0.29, 0.717) is 5.69 Å². The first kappa shape index (κ1) is 13.0. The maximum Gasteiger partial charge on any atom is 0.244 e. The highest BCUT2D eigenvalue weighted by Gasteiger charge is 2.14. The van der Waals surface area contributed by atoms with Crippen molar-refractivity contribution in [2.45, 2.75) is 13.0 Å². The Bertz CT molecular complexity index is 465. The van der Waals surface area contributed by atoms with Crippen LogP contribution in [0.15, 0.2) is 18.2 Å². The molecule has 1 rings (SSSR count). The van der Waals surface area contributed by atoms with Crippen LogP contribution in [0.4, 0.5) is 10.1 Å². The van der Waals surface area contributed by atoms with Gasteiger partial charge in [-0.3, -0.25) is 4.79 Å². The lowest BCUT2D eigenvalue weighted by molar-refractivity contribution is -0.129. The molecule has 0 saturated carbocycles. The summed E-state index contributed by atoms with van der Waals surface area (Å²) < 4.78 is 13.1. The highest BCUT2D eigenvalue weighted by atomic mass is 19.1. The Morgan fingerprint density at radius 1 is 1.47 bits per heavy atom.